The van der Waals surface area contributed by atoms with Gasteiger partial charge < -0.3 is 10.5 Å². The number of aryl methyl sites for hydroxylation is 1. The summed E-state index contributed by atoms with van der Waals surface area (Å²) < 4.78 is 5.63. The Kier molecular flexibility index (Phi) is 4.12. The summed E-state index contributed by atoms with van der Waals surface area (Å²) in [6.45, 7) is 2.57. The molecule has 94 valence electrons. The standard InChI is InChI=1S/C14H17N3O/c1-2-6-13-16-12(15)9-14(17-13)18-10-11-7-4-3-5-8-11/h3-5,7-9H,2,6,10H2,1H3,(H2,15,16,17). The van der Waals surface area contributed by atoms with Gasteiger partial charge in [0, 0.05) is 12.5 Å². The number of hydrogen-bond acceptors (Lipinski definition) is 4. The summed E-state index contributed by atoms with van der Waals surface area (Å²) >= 11 is 0. The van der Waals surface area contributed by atoms with Crippen molar-refractivity contribution in [2.24, 2.45) is 0 Å². The van der Waals surface area contributed by atoms with Gasteiger partial charge in [0.05, 0.1) is 0 Å². The predicted octanol–water partition coefficient (Wildman–Crippen LogP) is 2.59. The molecule has 0 atom stereocenters. The maximum absolute atomic E-state index is 5.73. The van der Waals surface area contributed by atoms with Gasteiger partial charge in [0.1, 0.15) is 18.2 Å². The zero-order valence-electron chi connectivity index (χ0n) is 10.5. The molecule has 1 aromatic carbocycles. The van der Waals surface area contributed by atoms with Crippen LogP contribution in [0, 0.1) is 0 Å². The van der Waals surface area contributed by atoms with Gasteiger partial charge in [-0.15, -0.1) is 0 Å². The number of ether oxygens (including phenoxy) is 1. The Labute approximate surface area is 107 Å². The van der Waals surface area contributed by atoms with Gasteiger partial charge in [-0.2, -0.15) is 4.98 Å². The van der Waals surface area contributed by atoms with Crippen LogP contribution in [-0.4, -0.2) is 9.97 Å². The molecule has 18 heavy (non-hydrogen) atoms. The van der Waals surface area contributed by atoms with E-state index in [1.807, 2.05) is 30.3 Å². The van der Waals surface area contributed by atoms with E-state index in [1.165, 1.54) is 0 Å². The molecule has 0 bridgehead atoms. The molecule has 2 rings (SSSR count). The van der Waals surface area contributed by atoms with Gasteiger partial charge in [-0.05, 0) is 12.0 Å². The smallest absolute Gasteiger partial charge is 0.219 e. The fraction of sp³-hybridized carbons (Fsp3) is 0.286. The lowest BCUT2D eigenvalue weighted by Crippen LogP contribution is -2.03. The molecule has 1 heterocycles. The van der Waals surface area contributed by atoms with Crippen LogP contribution in [0.1, 0.15) is 24.7 Å². The van der Waals surface area contributed by atoms with Crippen LogP contribution in [0.15, 0.2) is 36.4 Å². The molecular formula is C14H17N3O. The van der Waals surface area contributed by atoms with Crippen LogP contribution in [0.3, 0.4) is 0 Å². The van der Waals surface area contributed by atoms with E-state index >= 15 is 0 Å². The maximum atomic E-state index is 5.73. The summed E-state index contributed by atoms with van der Waals surface area (Å²) in [6, 6.07) is 11.6. The number of nitrogen functional groups attached to an aromatic ring is 1. The zero-order valence-corrected chi connectivity index (χ0v) is 10.5. The maximum Gasteiger partial charge on any atom is 0.219 e. The number of rotatable bonds is 5. The van der Waals surface area contributed by atoms with Crippen LogP contribution in [0.2, 0.25) is 0 Å². The van der Waals surface area contributed by atoms with Crippen LogP contribution >= 0.6 is 0 Å². The lowest BCUT2D eigenvalue weighted by Gasteiger charge is -2.07. The Hall–Kier alpha value is -2.10. The van der Waals surface area contributed by atoms with Crippen molar-refractivity contribution in [3.05, 3.63) is 47.8 Å². The Balaban J connectivity index is 2.05. The second-order valence-electron chi connectivity index (χ2n) is 4.07. The number of nitrogens with zero attached hydrogens (tertiary/aromatic N) is 2. The number of nitrogens with two attached hydrogens (primary N) is 1. The van der Waals surface area contributed by atoms with E-state index in [2.05, 4.69) is 16.9 Å². The first-order valence-corrected chi connectivity index (χ1v) is 6.08. The van der Waals surface area contributed by atoms with Gasteiger partial charge in [0.2, 0.25) is 5.88 Å². The van der Waals surface area contributed by atoms with E-state index in [4.69, 9.17) is 10.5 Å². The van der Waals surface area contributed by atoms with Gasteiger partial charge >= 0.3 is 0 Å². The molecule has 2 aromatic rings. The van der Waals surface area contributed by atoms with Crippen LogP contribution in [0.5, 0.6) is 5.88 Å². The lowest BCUT2D eigenvalue weighted by atomic mass is 10.2. The van der Waals surface area contributed by atoms with Crippen LogP contribution < -0.4 is 10.5 Å². The van der Waals surface area contributed by atoms with E-state index in [0.29, 0.717) is 18.3 Å². The molecule has 0 unspecified atom stereocenters. The highest BCUT2D eigenvalue weighted by Gasteiger charge is 2.03. The highest BCUT2D eigenvalue weighted by atomic mass is 16.5. The quantitative estimate of drug-likeness (QED) is 0.876. The third-order valence-electron chi connectivity index (χ3n) is 2.47. The molecule has 0 fully saturated rings. The molecule has 4 heteroatoms. The molecule has 0 spiro atoms. The minimum Gasteiger partial charge on any atom is -0.473 e. The zero-order chi connectivity index (χ0) is 12.8. The Bertz CT molecular complexity index is 500. The summed E-state index contributed by atoms with van der Waals surface area (Å²) in [5.74, 6) is 1.73. The summed E-state index contributed by atoms with van der Waals surface area (Å²) in [5.41, 5.74) is 6.83. The molecule has 0 aliphatic rings. The third kappa shape index (κ3) is 3.45. The normalized spacial score (nSPS) is 10.3. The number of aromatic nitrogens is 2. The van der Waals surface area contributed by atoms with Crippen LogP contribution in [0.4, 0.5) is 5.82 Å². The van der Waals surface area contributed by atoms with Crippen molar-refractivity contribution in [2.45, 2.75) is 26.4 Å². The number of hydrogen-bond donors (Lipinski definition) is 1. The van der Waals surface area contributed by atoms with Crippen LogP contribution in [0.25, 0.3) is 0 Å². The average Bonchev–Trinajstić information content (AvgIpc) is 2.37. The van der Waals surface area contributed by atoms with Crippen molar-refractivity contribution in [1.82, 2.24) is 9.97 Å². The molecule has 4 nitrogen and oxygen atoms in total. The summed E-state index contributed by atoms with van der Waals surface area (Å²) in [5, 5.41) is 0. The third-order valence-corrected chi connectivity index (χ3v) is 2.47. The summed E-state index contributed by atoms with van der Waals surface area (Å²) in [4.78, 5) is 8.49. The second kappa shape index (κ2) is 6.00. The molecule has 0 saturated heterocycles. The summed E-state index contributed by atoms with van der Waals surface area (Å²) in [7, 11) is 0. The first-order chi connectivity index (χ1) is 8.78. The average molecular weight is 243 g/mol. The van der Waals surface area contributed by atoms with Crippen molar-refractivity contribution in [3.8, 4) is 5.88 Å². The second-order valence-corrected chi connectivity index (χ2v) is 4.07. The Morgan fingerprint density at radius 2 is 1.94 bits per heavy atom. The molecule has 0 saturated carbocycles. The van der Waals surface area contributed by atoms with E-state index in [1.54, 1.807) is 6.07 Å². The Morgan fingerprint density at radius 1 is 1.17 bits per heavy atom. The van der Waals surface area contributed by atoms with Crippen molar-refractivity contribution in [3.63, 3.8) is 0 Å². The molecule has 0 radical (unpaired) electrons. The molecule has 0 amide bonds. The SMILES string of the molecule is CCCc1nc(N)cc(OCc2ccccc2)n1. The van der Waals surface area contributed by atoms with E-state index in [-0.39, 0.29) is 0 Å². The van der Waals surface area contributed by atoms with Crippen molar-refractivity contribution < 1.29 is 4.74 Å². The molecular weight excluding hydrogens is 226 g/mol. The topological polar surface area (TPSA) is 61.0 Å². The first-order valence-electron chi connectivity index (χ1n) is 6.08. The minimum atomic E-state index is 0.455. The van der Waals surface area contributed by atoms with E-state index < -0.39 is 0 Å². The van der Waals surface area contributed by atoms with Gasteiger partial charge in [-0.25, -0.2) is 4.98 Å². The fourth-order valence-corrected chi connectivity index (χ4v) is 1.63. The van der Waals surface area contributed by atoms with Gasteiger partial charge in [-0.3, -0.25) is 0 Å². The van der Waals surface area contributed by atoms with Gasteiger partial charge in [0.25, 0.3) is 0 Å². The highest BCUT2D eigenvalue weighted by molar-refractivity contribution is 5.33. The highest BCUT2D eigenvalue weighted by Crippen LogP contribution is 2.13. The first kappa shape index (κ1) is 12.4. The minimum absolute atomic E-state index is 0.455. The van der Waals surface area contributed by atoms with Crippen molar-refractivity contribution in [2.75, 3.05) is 5.73 Å². The number of benzene rings is 1. The van der Waals surface area contributed by atoms with Crippen molar-refractivity contribution in [1.29, 1.82) is 0 Å². The largest absolute Gasteiger partial charge is 0.473 e. The van der Waals surface area contributed by atoms with E-state index in [0.717, 1.165) is 24.2 Å². The molecule has 2 N–H and O–H groups in total. The molecule has 1 aromatic heterocycles. The van der Waals surface area contributed by atoms with Crippen LogP contribution in [-0.2, 0) is 13.0 Å². The van der Waals surface area contributed by atoms with Gasteiger partial charge in [0.15, 0.2) is 0 Å². The fourth-order valence-electron chi connectivity index (χ4n) is 1.63. The van der Waals surface area contributed by atoms with Crippen molar-refractivity contribution >= 4 is 5.82 Å². The molecule has 0 aliphatic heterocycles. The predicted molar refractivity (Wildman–Crippen MR) is 71.2 cm³/mol. The monoisotopic (exact) mass is 243 g/mol. The number of anilines is 1. The Morgan fingerprint density at radius 3 is 2.67 bits per heavy atom. The lowest BCUT2D eigenvalue weighted by molar-refractivity contribution is 0.292. The van der Waals surface area contributed by atoms with E-state index in [9.17, 15) is 0 Å². The van der Waals surface area contributed by atoms with Gasteiger partial charge in [-0.1, -0.05) is 37.3 Å². The summed E-state index contributed by atoms with van der Waals surface area (Å²) in [6.07, 6.45) is 1.80. The molecule has 0 aliphatic carbocycles.